The second-order valence-corrected chi connectivity index (χ2v) is 8.58. The highest BCUT2D eigenvalue weighted by Gasteiger charge is 2.30. The maximum absolute atomic E-state index is 12.8. The van der Waals surface area contributed by atoms with Crippen LogP contribution in [-0.2, 0) is 22.7 Å². The van der Waals surface area contributed by atoms with Gasteiger partial charge in [-0.1, -0.05) is 41.9 Å². The van der Waals surface area contributed by atoms with Gasteiger partial charge in [0.05, 0.1) is 26.7 Å². The number of hydrogen-bond donors (Lipinski definition) is 2. The first kappa shape index (κ1) is 22.6. The summed E-state index contributed by atoms with van der Waals surface area (Å²) in [6.45, 7) is -0.137. The Morgan fingerprint density at radius 1 is 0.935 bits per heavy atom. The van der Waals surface area contributed by atoms with Gasteiger partial charge in [-0.15, -0.1) is 0 Å². The molecule has 0 atom stereocenters. The molecule has 162 valence electrons. The van der Waals surface area contributed by atoms with Gasteiger partial charge in [0.2, 0.25) is 0 Å². The normalized spacial score (nSPS) is 11.7. The first-order chi connectivity index (χ1) is 14.6. The fourth-order valence-corrected chi connectivity index (χ4v) is 4.05. The SMILES string of the molecule is O=C(NCc1cccc(C(F)(F)F)c1)c1ccc(NS(=O)(=O)c2ccccc2)cc1Cl. The maximum atomic E-state index is 12.8. The average Bonchev–Trinajstić information content (AvgIpc) is 2.72. The lowest BCUT2D eigenvalue weighted by Gasteiger charge is -2.12. The number of halogens is 4. The van der Waals surface area contributed by atoms with E-state index in [0.717, 1.165) is 12.1 Å². The van der Waals surface area contributed by atoms with Crippen LogP contribution >= 0.6 is 11.6 Å². The third kappa shape index (κ3) is 5.77. The maximum Gasteiger partial charge on any atom is 0.416 e. The summed E-state index contributed by atoms with van der Waals surface area (Å²) in [5.74, 6) is -0.611. The van der Waals surface area contributed by atoms with Crippen molar-refractivity contribution in [1.82, 2.24) is 5.32 Å². The fourth-order valence-electron chi connectivity index (χ4n) is 2.71. The summed E-state index contributed by atoms with van der Waals surface area (Å²) in [5.41, 5.74) is -0.335. The zero-order chi connectivity index (χ0) is 22.6. The van der Waals surface area contributed by atoms with Crippen LogP contribution in [-0.4, -0.2) is 14.3 Å². The molecule has 0 saturated heterocycles. The molecule has 0 radical (unpaired) electrons. The van der Waals surface area contributed by atoms with Gasteiger partial charge in [0.1, 0.15) is 0 Å². The lowest BCUT2D eigenvalue weighted by molar-refractivity contribution is -0.137. The molecule has 5 nitrogen and oxygen atoms in total. The molecule has 0 fully saturated rings. The predicted octanol–water partition coefficient (Wildman–Crippen LogP) is 5.09. The Hall–Kier alpha value is -3.04. The third-order valence-electron chi connectivity index (χ3n) is 4.23. The summed E-state index contributed by atoms with van der Waals surface area (Å²) in [4.78, 5) is 12.4. The summed E-state index contributed by atoms with van der Waals surface area (Å²) in [6, 6.07) is 16.3. The van der Waals surface area contributed by atoms with Crippen LogP contribution in [0.3, 0.4) is 0 Å². The van der Waals surface area contributed by atoms with E-state index in [1.165, 1.54) is 42.5 Å². The Kier molecular flexibility index (Phi) is 6.56. The molecule has 0 aliphatic heterocycles. The standard InChI is InChI=1S/C21H16ClF3N2O3S/c22-19-12-16(27-31(29,30)17-7-2-1-3-8-17)9-10-18(19)20(28)26-13-14-5-4-6-15(11-14)21(23,24)25/h1-12,27H,13H2,(H,26,28). The highest BCUT2D eigenvalue weighted by molar-refractivity contribution is 7.92. The summed E-state index contributed by atoms with van der Waals surface area (Å²) in [5, 5.41) is 2.48. The molecule has 0 unspecified atom stereocenters. The lowest BCUT2D eigenvalue weighted by Crippen LogP contribution is -2.23. The van der Waals surface area contributed by atoms with Gasteiger partial charge in [-0.2, -0.15) is 13.2 Å². The van der Waals surface area contributed by atoms with E-state index in [1.807, 2.05) is 0 Å². The minimum Gasteiger partial charge on any atom is -0.348 e. The van der Waals surface area contributed by atoms with E-state index >= 15 is 0 Å². The molecule has 0 aliphatic rings. The number of anilines is 1. The molecule has 0 heterocycles. The quantitative estimate of drug-likeness (QED) is 0.529. The van der Waals surface area contributed by atoms with Crippen molar-refractivity contribution < 1.29 is 26.4 Å². The van der Waals surface area contributed by atoms with Crippen molar-refractivity contribution in [3.05, 3.63) is 94.5 Å². The van der Waals surface area contributed by atoms with Gasteiger partial charge >= 0.3 is 6.18 Å². The first-order valence-corrected chi connectivity index (χ1v) is 10.7. The van der Waals surface area contributed by atoms with Crippen molar-refractivity contribution in [2.45, 2.75) is 17.6 Å². The van der Waals surface area contributed by atoms with Crippen LogP contribution in [0.4, 0.5) is 18.9 Å². The molecule has 31 heavy (non-hydrogen) atoms. The van der Waals surface area contributed by atoms with Gasteiger partial charge in [0.25, 0.3) is 15.9 Å². The number of amides is 1. The van der Waals surface area contributed by atoms with E-state index in [0.29, 0.717) is 0 Å². The van der Waals surface area contributed by atoms with Crippen molar-refractivity contribution in [3.63, 3.8) is 0 Å². The van der Waals surface area contributed by atoms with Crippen molar-refractivity contribution >= 4 is 33.2 Å². The second-order valence-electron chi connectivity index (χ2n) is 6.49. The van der Waals surface area contributed by atoms with E-state index in [1.54, 1.807) is 18.2 Å². The van der Waals surface area contributed by atoms with Gasteiger partial charge < -0.3 is 5.32 Å². The zero-order valence-electron chi connectivity index (χ0n) is 15.8. The minimum atomic E-state index is -4.48. The molecule has 0 aromatic heterocycles. The molecule has 3 aromatic carbocycles. The number of hydrogen-bond acceptors (Lipinski definition) is 3. The van der Waals surface area contributed by atoms with E-state index in [2.05, 4.69) is 10.0 Å². The number of alkyl halides is 3. The molecular weight excluding hydrogens is 453 g/mol. The van der Waals surface area contributed by atoms with E-state index in [-0.39, 0.29) is 33.3 Å². The zero-order valence-corrected chi connectivity index (χ0v) is 17.4. The lowest BCUT2D eigenvalue weighted by atomic mass is 10.1. The van der Waals surface area contributed by atoms with E-state index in [9.17, 15) is 26.4 Å². The van der Waals surface area contributed by atoms with Crippen molar-refractivity contribution in [3.8, 4) is 0 Å². The molecule has 0 aliphatic carbocycles. The van der Waals surface area contributed by atoms with Gasteiger partial charge in [-0.25, -0.2) is 8.42 Å². The molecule has 0 spiro atoms. The van der Waals surface area contributed by atoms with E-state index < -0.39 is 27.7 Å². The molecule has 1 amide bonds. The minimum absolute atomic E-state index is 0.0187. The third-order valence-corrected chi connectivity index (χ3v) is 5.94. The van der Waals surface area contributed by atoms with E-state index in [4.69, 9.17) is 11.6 Å². The van der Waals surface area contributed by atoms with Crippen LogP contribution in [0.1, 0.15) is 21.5 Å². The van der Waals surface area contributed by atoms with Crippen LogP contribution in [0.15, 0.2) is 77.7 Å². The van der Waals surface area contributed by atoms with Crippen LogP contribution in [0.25, 0.3) is 0 Å². The van der Waals surface area contributed by atoms with Gasteiger partial charge in [-0.3, -0.25) is 9.52 Å². The Morgan fingerprint density at radius 3 is 2.29 bits per heavy atom. The molecule has 3 aromatic rings. The van der Waals surface area contributed by atoms with Crippen LogP contribution in [0.5, 0.6) is 0 Å². The van der Waals surface area contributed by atoms with Gasteiger partial charge in [-0.05, 0) is 48.0 Å². The number of nitrogens with one attached hydrogen (secondary N) is 2. The molecule has 0 saturated carbocycles. The van der Waals surface area contributed by atoms with Gasteiger partial charge in [0, 0.05) is 6.54 Å². The topological polar surface area (TPSA) is 75.3 Å². The van der Waals surface area contributed by atoms with Crippen LogP contribution in [0, 0.1) is 0 Å². The largest absolute Gasteiger partial charge is 0.416 e. The highest BCUT2D eigenvalue weighted by atomic mass is 35.5. The number of rotatable bonds is 6. The van der Waals surface area contributed by atoms with Crippen molar-refractivity contribution in [2.75, 3.05) is 4.72 Å². The second kappa shape index (κ2) is 8.99. The first-order valence-electron chi connectivity index (χ1n) is 8.88. The molecule has 0 bridgehead atoms. The Labute approximate surface area is 181 Å². The number of carbonyl (C=O) groups is 1. The number of sulfonamides is 1. The molecule has 3 rings (SSSR count). The summed E-state index contributed by atoms with van der Waals surface area (Å²) >= 11 is 6.12. The molecule has 10 heteroatoms. The van der Waals surface area contributed by atoms with Crippen molar-refractivity contribution in [1.29, 1.82) is 0 Å². The summed E-state index contributed by atoms with van der Waals surface area (Å²) in [6.07, 6.45) is -4.48. The van der Waals surface area contributed by atoms with Crippen LogP contribution in [0.2, 0.25) is 5.02 Å². The highest BCUT2D eigenvalue weighted by Crippen LogP contribution is 2.29. The average molecular weight is 469 g/mol. The Morgan fingerprint density at radius 2 is 1.65 bits per heavy atom. The predicted molar refractivity (Wildman–Crippen MR) is 111 cm³/mol. The number of benzene rings is 3. The van der Waals surface area contributed by atoms with Crippen molar-refractivity contribution in [2.24, 2.45) is 0 Å². The van der Waals surface area contributed by atoms with Gasteiger partial charge in [0.15, 0.2) is 0 Å². The smallest absolute Gasteiger partial charge is 0.348 e. The number of carbonyl (C=O) groups excluding carboxylic acids is 1. The summed E-state index contributed by atoms with van der Waals surface area (Å²) in [7, 11) is -3.83. The summed E-state index contributed by atoms with van der Waals surface area (Å²) < 4.78 is 65.5. The molecule has 2 N–H and O–H groups in total. The van der Waals surface area contributed by atoms with Crippen LogP contribution < -0.4 is 10.0 Å². The Bertz CT molecular complexity index is 1200. The fraction of sp³-hybridized carbons (Fsp3) is 0.0952. The molecular formula is C21H16ClF3N2O3S. The monoisotopic (exact) mass is 468 g/mol. The Balaban J connectivity index is 1.69.